The number of aryl methyl sites for hydroxylation is 1. The lowest BCUT2D eigenvalue weighted by Crippen LogP contribution is -2.25. The Kier molecular flexibility index (Phi) is 4.93. The van der Waals surface area contributed by atoms with E-state index in [1.807, 2.05) is 29.8 Å². The Morgan fingerprint density at radius 3 is 2.34 bits per heavy atom. The van der Waals surface area contributed by atoms with Gasteiger partial charge in [0.2, 0.25) is 0 Å². The van der Waals surface area contributed by atoms with E-state index < -0.39 is 0 Å². The molecule has 5 nitrogen and oxygen atoms in total. The van der Waals surface area contributed by atoms with Crippen molar-refractivity contribution < 1.29 is 18.3 Å². The molecule has 3 aromatic carbocycles. The zero-order valence-electron chi connectivity index (χ0n) is 17.2. The quantitative estimate of drug-likeness (QED) is 0.484. The van der Waals surface area contributed by atoms with Gasteiger partial charge in [-0.2, -0.15) is 5.10 Å². The van der Waals surface area contributed by atoms with Crippen molar-refractivity contribution in [3.8, 4) is 28.1 Å². The van der Waals surface area contributed by atoms with Crippen molar-refractivity contribution in [2.75, 3.05) is 11.9 Å². The molecule has 1 N–H and O–H groups in total. The zero-order chi connectivity index (χ0) is 22.2. The van der Waals surface area contributed by atoms with Crippen LogP contribution in [0.3, 0.4) is 0 Å². The smallest absolute Gasteiger partial charge is 0.262 e. The molecule has 4 aromatic rings. The second-order valence-electron chi connectivity index (χ2n) is 7.65. The molecule has 0 bridgehead atoms. The van der Waals surface area contributed by atoms with Crippen molar-refractivity contribution in [1.29, 1.82) is 0 Å². The van der Waals surface area contributed by atoms with Crippen LogP contribution < -0.4 is 10.1 Å². The normalized spacial score (nSPS) is 12.8. The molecule has 0 radical (unpaired) electrons. The molecule has 7 heteroatoms. The van der Waals surface area contributed by atoms with E-state index in [2.05, 4.69) is 5.32 Å². The third kappa shape index (κ3) is 3.73. The first-order valence-electron chi connectivity index (χ1n) is 10.1. The number of hydrogen-bond donors (Lipinski definition) is 1. The van der Waals surface area contributed by atoms with Gasteiger partial charge in [0.1, 0.15) is 17.4 Å². The molecule has 2 heterocycles. The predicted octanol–water partition coefficient (Wildman–Crippen LogP) is 5.18. The molecule has 1 aliphatic heterocycles. The highest BCUT2D eigenvalue weighted by Crippen LogP contribution is 2.39. The number of benzene rings is 3. The fraction of sp³-hybridized carbons (Fsp3) is 0.120. The maximum Gasteiger partial charge on any atom is 0.262 e. The zero-order valence-corrected chi connectivity index (χ0v) is 17.2. The van der Waals surface area contributed by atoms with Crippen molar-refractivity contribution in [1.82, 2.24) is 9.78 Å². The van der Waals surface area contributed by atoms with E-state index in [4.69, 9.17) is 9.84 Å². The standard InChI is InChI=1S/C25H19F2N3O2/c1-15-24(18-6-11-22-21(12-18)28-23(31)14-32-22)25(17-4-9-20(27)10-5-17)30(29-15)13-16-2-7-19(26)8-3-16/h2-12H,13-14H2,1H3,(H,28,31). The van der Waals surface area contributed by atoms with Crippen LogP contribution in [-0.2, 0) is 11.3 Å². The van der Waals surface area contributed by atoms with E-state index >= 15 is 0 Å². The Balaban J connectivity index is 1.66. The van der Waals surface area contributed by atoms with E-state index in [9.17, 15) is 13.6 Å². The van der Waals surface area contributed by atoms with Gasteiger partial charge in [-0.15, -0.1) is 0 Å². The molecule has 32 heavy (non-hydrogen) atoms. The predicted molar refractivity (Wildman–Crippen MR) is 117 cm³/mol. The van der Waals surface area contributed by atoms with Crippen molar-refractivity contribution in [3.63, 3.8) is 0 Å². The first-order valence-corrected chi connectivity index (χ1v) is 10.1. The molecule has 0 atom stereocenters. The van der Waals surface area contributed by atoms with Crippen LogP contribution in [0.15, 0.2) is 66.7 Å². The lowest BCUT2D eigenvalue weighted by atomic mass is 9.98. The largest absolute Gasteiger partial charge is 0.482 e. The van der Waals surface area contributed by atoms with E-state index in [1.54, 1.807) is 24.3 Å². The summed E-state index contributed by atoms with van der Waals surface area (Å²) in [5.41, 5.74) is 5.55. The number of hydrogen-bond acceptors (Lipinski definition) is 3. The first kappa shape index (κ1) is 19.9. The van der Waals surface area contributed by atoms with Crippen LogP contribution in [-0.4, -0.2) is 22.3 Å². The summed E-state index contributed by atoms with van der Waals surface area (Å²) in [5.74, 6) is -0.237. The molecule has 160 valence electrons. The number of ether oxygens (including phenoxy) is 1. The number of rotatable bonds is 4. The van der Waals surface area contributed by atoms with Gasteiger partial charge in [-0.1, -0.05) is 18.2 Å². The summed E-state index contributed by atoms with van der Waals surface area (Å²) < 4.78 is 34.3. The lowest BCUT2D eigenvalue weighted by Gasteiger charge is -2.19. The number of aromatic nitrogens is 2. The Hall–Kier alpha value is -4.00. The van der Waals surface area contributed by atoms with Crippen LogP contribution in [0.25, 0.3) is 22.4 Å². The summed E-state index contributed by atoms with van der Waals surface area (Å²) in [4.78, 5) is 11.8. The third-order valence-electron chi connectivity index (χ3n) is 5.39. The molecular formula is C25H19F2N3O2. The number of anilines is 1. The minimum Gasteiger partial charge on any atom is -0.482 e. The van der Waals surface area contributed by atoms with Gasteiger partial charge < -0.3 is 10.1 Å². The van der Waals surface area contributed by atoms with Crippen molar-refractivity contribution in [2.24, 2.45) is 0 Å². The van der Waals surface area contributed by atoms with Crippen LogP contribution >= 0.6 is 0 Å². The van der Waals surface area contributed by atoms with Crippen LogP contribution in [0.5, 0.6) is 5.75 Å². The average molecular weight is 431 g/mol. The topological polar surface area (TPSA) is 56.2 Å². The van der Waals surface area contributed by atoms with Crippen LogP contribution in [0, 0.1) is 18.6 Å². The van der Waals surface area contributed by atoms with Gasteiger partial charge in [-0.3, -0.25) is 9.48 Å². The fourth-order valence-electron chi connectivity index (χ4n) is 3.94. The summed E-state index contributed by atoms with van der Waals surface area (Å²) in [6.07, 6.45) is 0. The van der Waals surface area contributed by atoms with Gasteiger partial charge in [0.05, 0.1) is 23.6 Å². The molecular weight excluding hydrogens is 412 g/mol. The highest BCUT2D eigenvalue weighted by Gasteiger charge is 2.22. The average Bonchev–Trinajstić information content (AvgIpc) is 3.11. The molecule has 1 amide bonds. The summed E-state index contributed by atoms with van der Waals surface area (Å²) in [5, 5.41) is 7.57. The number of nitrogens with zero attached hydrogens (tertiary/aromatic N) is 2. The van der Waals surface area contributed by atoms with E-state index in [0.717, 1.165) is 33.6 Å². The Morgan fingerprint density at radius 2 is 1.62 bits per heavy atom. The second-order valence-corrected chi connectivity index (χ2v) is 7.65. The van der Waals surface area contributed by atoms with Crippen molar-refractivity contribution in [2.45, 2.75) is 13.5 Å². The molecule has 1 aliphatic rings. The first-order chi connectivity index (χ1) is 15.5. The Bertz CT molecular complexity index is 1310. The molecule has 0 saturated heterocycles. The minimum absolute atomic E-state index is 0.0121. The molecule has 5 rings (SSSR count). The highest BCUT2D eigenvalue weighted by molar-refractivity contribution is 5.97. The monoisotopic (exact) mass is 431 g/mol. The molecule has 1 aromatic heterocycles. The molecule has 0 aliphatic carbocycles. The van der Waals surface area contributed by atoms with E-state index in [1.165, 1.54) is 24.3 Å². The number of nitrogens with one attached hydrogen (secondary N) is 1. The van der Waals surface area contributed by atoms with Gasteiger partial charge in [0.15, 0.2) is 6.61 Å². The van der Waals surface area contributed by atoms with Crippen molar-refractivity contribution in [3.05, 3.63) is 89.6 Å². The number of carbonyl (C=O) groups excluding carboxylic acids is 1. The summed E-state index contributed by atoms with van der Waals surface area (Å²) in [6.45, 7) is 2.30. The molecule has 0 unspecified atom stereocenters. The number of carbonyl (C=O) groups is 1. The maximum absolute atomic E-state index is 13.6. The fourth-order valence-corrected chi connectivity index (χ4v) is 3.94. The third-order valence-corrected chi connectivity index (χ3v) is 5.39. The molecule has 0 fully saturated rings. The minimum atomic E-state index is -0.328. The van der Waals surface area contributed by atoms with Gasteiger partial charge in [-0.05, 0) is 66.6 Å². The highest BCUT2D eigenvalue weighted by atomic mass is 19.1. The van der Waals surface area contributed by atoms with Crippen LogP contribution in [0.1, 0.15) is 11.3 Å². The van der Waals surface area contributed by atoms with Gasteiger partial charge in [0, 0.05) is 11.1 Å². The van der Waals surface area contributed by atoms with Gasteiger partial charge in [0.25, 0.3) is 5.91 Å². The van der Waals surface area contributed by atoms with E-state index in [0.29, 0.717) is 18.0 Å². The summed E-state index contributed by atoms with van der Waals surface area (Å²) in [6, 6.07) is 18.1. The molecule has 0 saturated carbocycles. The maximum atomic E-state index is 13.6. The number of halogens is 2. The Morgan fingerprint density at radius 1 is 0.969 bits per heavy atom. The van der Waals surface area contributed by atoms with Crippen molar-refractivity contribution >= 4 is 11.6 Å². The lowest BCUT2D eigenvalue weighted by molar-refractivity contribution is -0.118. The summed E-state index contributed by atoms with van der Waals surface area (Å²) in [7, 11) is 0. The van der Waals surface area contributed by atoms with Gasteiger partial charge >= 0.3 is 0 Å². The SMILES string of the molecule is Cc1nn(Cc2ccc(F)cc2)c(-c2ccc(F)cc2)c1-c1ccc2c(c1)NC(=O)CO2. The van der Waals surface area contributed by atoms with Gasteiger partial charge in [-0.25, -0.2) is 8.78 Å². The van der Waals surface area contributed by atoms with E-state index in [-0.39, 0.29) is 24.1 Å². The number of fused-ring (bicyclic) bond motifs is 1. The molecule has 0 spiro atoms. The summed E-state index contributed by atoms with van der Waals surface area (Å²) >= 11 is 0. The van der Waals surface area contributed by atoms with Crippen LogP contribution in [0.2, 0.25) is 0 Å². The van der Waals surface area contributed by atoms with Crippen LogP contribution in [0.4, 0.5) is 14.5 Å². The Labute approximate surface area is 183 Å². The second kappa shape index (κ2) is 7.92. The number of amides is 1.